The summed E-state index contributed by atoms with van der Waals surface area (Å²) in [6.45, 7) is 1.27. The molecule has 1 N–H and O–H groups in total. The molecule has 146 valence electrons. The molecule has 0 aliphatic carbocycles. The Morgan fingerprint density at radius 2 is 1.79 bits per heavy atom. The number of nitrogens with one attached hydrogen (secondary N) is 1. The van der Waals surface area contributed by atoms with Gasteiger partial charge in [0.25, 0.3) is 5.91 Å². The Hall–Kier alpha value is -3.47. The summed E-state index contributed by atoms with van der Waals surface area (Å²) in [6, 6.07) is 17.8. The minimum atomic E-state index is -0.112. The molecule has 2 aromatic carbocycles. The summed E-state index contributed by atoms with van der Waals surface area (Å²) in [7, 11) is 0. The van der Waals surface area contributed by atoms with Crippen molar-refractivity contribution in [1.29, 1.82) is 0 Å². The fraction of sp³-hybridized carbons (Fsp3) is 0.208. The molecule has 3 aromatic rings. The second-order valence-electron chi connectivity index (χ2n) is 7.22. The van der Waals surface area contributed by atoms with Crippen molar-refractivity contribution < 1.29 is 9.59 Å². The van der Waals surface area contributed by atoms with E-state index in [4.69, 9.17) is 0 Å². The van der Waals surface area contributed by atoms with Crippen LogP contribution in [0.1, 0.15) is 28.8 Å². The summed E-state index contributed by atoms with van der Waals surface area (Å²) in [4.78, 5) is 30.7. The first-order valence-corrected chi connectivity index (χ1v) is 9.86. The van der Waals surface area contributed by atoms with E-state index in [1.54, 1.807) is 30.6 Å². The molecule has 1 aliphatic rings. The van der Waals surface area contributed by atoms with Gasteiger partial charge >= 0.3 is 0 Å². The second kappa shape index (κ2) is 8.69. The standard InChI is InChI=1S/C24H23N3O2/c28-23(11-10-19-7-3-6-18-5-1-2-9-22(18)19)27-15-12-21(13-16-27)26-24(29)20-8-4-14-25-17-20/h1-11,14,17,21H,12-13,15-16H2,(H,26,29)/b11-10+. The van der Waals surface area contributed by atoms with Gasteiger partial charge in [-0.25, -0.2) is 0 Å². The smallest absolute Gasteiger partial charge is 0.253 e. The van der Waals surface area contributed by atoms with Gasteiger partial charge in [-0.15, -0.1) is 0 Å². The van der Waals surface area contributed by atoms with Gasteiger partial charge in [0.1, 0.15) is 0 Å². The van der Waals surface area contributed by atoms with E-state index in [0.29, 0.717) is 18.7 Å². The second-order valence-corrected chi connectivity index (χ2v) is 7.22. The van der Waals surface area contributed by atoms with E-state index in [1.165, 1.54) is 0 Å². The van der Waals surface area contributed by atoms with Crippen LogP contribution in [0.15, 0.2) is 73.1 Å². The third-order valence-corrected chi connectivity index (χ3v) is 5.29. The average Bonchev–Trinajstić information content (AvgIpc) is 2.78. The molecule has 5 nitrogen and oxygen atoms in total. The molecule has 0 bridgehead atoms. The number of fused-ring (bicyclic) bond motifs is 1. The first-order chi connectivity index (χ1) is 14.2. The summed E-state index contributed by atoms with van der Waals surface area (Å²) in [5.74, 6) is -0.103. The molecule has 0 spiro atoms. The normalized spacial score (nSPS) is 15.0. The van der Waals surface area contributed by atoms with Crippen LogP contribution in [0.2, 0.25) is 0 Å². The number of rotatable bonds is 4. The molecule has 1 fully saturated rings. The zero-order valence-corrected chi connectivity index (χ0v) is 16.1. The number of hydrogen-bond acceptors (Lipinski definition) is 3. The van der Waals surface area contributed by atoms with Crippen LogP contribution < -0.4 is 5.32 Å². The van der Waals surface area contributed by atoms with Gasteiger partial charge in [0.15, 0.2) is 0 Å². The Kier molecular flexibility index (Phi) is 5.66. The number of likely N-dealkylation sites (tertiary alicyclic amines) is 1. The van der Waals surface area contributed by atoms with Gasteiger partial charge < -0.3 is 10.2 Å². The highest BCUT2D eigenvalue weighted by Gasteiger charge is 2.23. The Morgan fingerprint density at radius 3 is 2.59 bits per heavy atom. The van der Waals surface area contributed by atoms with Crippen molar-refractivity contribution in [2.75, 3.05) is 13.1 Å². The lowest BCUT2D eigenvalue weighted by Crippen LogP contribution is -2.46. The van der Waals surface area contributed by atoms with E-state index in [1.807, 2.05) is 35.2 Å². The van der Waals surface area contributed by atoms with E-state index < -0.39 is 0 Å². The molecule has 1 aliphatic heterocycles. The molecule has 2 heterocycles. The Balaban J connectivity index is 1.33. The van der Waals surface area contributed by atoms with Gasteiger partial charge in [-0.05, 0) is 47.4 Å². The number of aromatic nitrogens is 1. The maximum atomic E-state index is 12.6. The molecular weight excluding hydrogens is 362 g/mol. The first-order valence-electron chi connectivity index (χ1n) is 9.86. The van der Waals surface area contributed by atoms with E-state index in [9.17, 15) is 9.59 Å². The third-order valence-electron chi connectivity index (χ3n) is 5.29. The highest BCUT2D eigenvalue weighted by Crippen LogP contribution is 2.20. The van der Waals surface area contributed by atoms with Crippen molar-refractivity contribution in [2.24, 2.45) is 0 Å². The molecule has 1 saturated heterocycles. The van der Waals surface area contributed by atoms with Crippen molar-refractivity contribution in [3.05, 3.63) is 84.2 Å². The number of piperidine rings is 1. The first kappa shape index (κ1) is 18.9. The van der Waals surface area contributed by atoms with Crippen LogP contribution in [-0.2, 0) is 4.79 Å². The SMILES string of the molecule is O=C(NC1CCN(C(=O)/C=C/c2cccc3ccccc23)CC1)c1cccnc1. The van der Waals surface area contributed by atoms with Gasteiger partial charge in [0.2, 0.25) is 5.91 Å². The minimum Gasteiger partial charge on any atom is -0.349 e. The number of amides is 2. The molecule has 29 heavy (non-hydrogen) atoms. The van der Waals surface area contributed by atoms with E-state index in [2.05, 4.69) is 28.5 Å². The van der Waals surface area contributed by atoms with Crippen molar-refractivity contribution >= 4 is 28.7 Å². The zero-order chi connectivity index (χ0) is 20.1. The van der Waals surface area contributed by atoms with Crippen LogP contribution in [0.4, 0.5) is 0 Å². The molecule has 2 amide bonds. The average molecular weight is 385 g/mol. The maximum absolute atomic E-state index is 12.6. The fourth-order valence-electron chi connectivity index (χ4n) is 3.67. The molecule has 4 rings (SSSR count). The van der Waals surface area contributed by atoms with Gasteiger partial charge in [-0.1, -0.05) is 42.5 Å². The van der Waals surface area contributed by atoms with Gasteiger partial charge in [0, 0.05) is 37.6 Å². The minimum absolute atomic E-state index is 0.00923. The molecule has 1 aromatic heterocycles. The predicted octanol–water partition coefficient (Wildman–Crippen LogP) is 3.67. The van der Waals surface area contributed by atoms with Crippen molar-refractivity contribution in [1.82, 2.24) is 15.2 Å². The topological polar surface area (TPSA) is 62.3 Å². The number of benzene rings is 2. The van der Waals surface area contributed by atoms with E-state index in [0.717, 1.165) is 29.2 Å². The molecule has 0 atom stereocenters. The lowest BCUT2D eigenvalue weighted by Gasteiger charge is -2.31. The Labute approximate surface area is 170 Å². The van der Waals surface area contributed by atoms with Crippen LogP contribution in [0.3, 0.4) is 0 Å². The van der Waals surface area contributed by atoms with Crippen LogP contribution in [-0.4, -0.2) is 40.8 Å². The number of nitrogens with zero attached hydrogens (tertiary/aromatic N) is 2. The number of carbonyl (C=O) groups is 2. The molecule has 0 saturated carbocycles. The maximum Gasteiger partial charge on any atom is 0.253 e. The Morgan fingerprint density at radius 1 is 1.00 bits per heavy atom. The highest BCUT2D eigenvalue weighted by molar-refractivity contribution is 5.97. The monoisotopic (exact) mass is 385 g/mol. The summed E-state index contributed by atoms with van der Waals surface area (Å²) >= 11 is 0. The lowest BCUT2D eigenvalue weighted by atomic mass is 10.0. The number of pyridine rings is 1. The molecule has 5 heteroatoms. The van der Waals surface area contributed by atoms with Crippen LogP contribution >= 0.6 is 0 Å². The van der Waals surface area contributed by atoms with Gasteiger partial charge in [-0.3, -0.25) is 14.6 Å². The quantitative estimate of drug-likeness (QED) is 0.697. The largest absolute Gasteiger partial charge is 0.349 e. The van der Waals surface area contributed by atoms with Crippen LogP contribution in [0, 0.1) is 0 Å². The van der Waals surface area contributed by atoms with Crippen LogP contribution in [0.25, 0.3) is 16.8 Å². The molecule has 0 radical (unpaired) electrons. The van der Waals surface area contributed by atoms with Crippen LogP contribution in [0.5, 0.6) is 0 Å². The molecular formula is C24H23N3O2. The third kappa shape index (κ3) is 4.51. The summed E-state index contributed by atoms with van der Waals surface area (Å²) < 4.78 is 0. The van der Waals surface area contributed by atoms with Crippen molar-refractivity contribution in [3.8, 4) is 0 Å². The van der Waals surface area contributed by atoms with E-state index >= 15 is 0 Å². The number of carbonyl (C=O) groups excluding carboxylic acids is 2. The summed E-state index contributed by atoms with van der Waals surface area (Å²) in [5.41, 5.74) is 1.60. The summed E-state index contributed by atoms with van der Waals surface area (Å²) in [6.07, 6.45) is 8.25. The van der Waals surface area contributed by atoms with Crippen molar-refractivity contribution in [2.45, 2.75) is 18.9 Å². The van der Waals surface area contributed by atoms with Crippen molar-refractivity contribution in [3.63, 3.8) is 0 Å². The Bertz CT molecular complexity index is 1030. The predicted molar refractivity (Wildman–Crippen MR) is 114 cm³/mol. The number of hydrogen-bond donors (Lipinski definition) is 1. The van der Waals surface area contributed by atoms with Gasteiger partial charge in [-0.2, -0.15) is 0 Å². The van der Waals surface area contributed by atoms with E-state index in [-0.39, 0.29) is 17.9 Å². The summed E-state index contributed by atoms with van der Waals surface area (Å²) in [5, 5.41) is 5.33. The van der Waals surface area contributed by atoms with Gasteiger partial charge in [0.05, 0.1) is 5.56 Å². The zero-order valence-electron chi connectivity index (χ0n) is 16.1. The lowest BCUT2D eigenvalue weighted by molar-refractivity contribution is -0.126. The fourth-order valence-corrected chi connectivity index (χ4v) is 3.67. The molecule has 0 unspecified atom stereocenters. The highest BCUT2D eigenvalue weighted by atomic mass is 16.2.